The third-order valence-corrected chi connectivity index (χ3v) is 4.59. The summed E-state index contributed by atoms with van der Waals surface area (Å²) in [6.45, 7) is 0.473. The van der Waals surface area contributed by atoms with Gasteiger partial charge in [0, 0.05) is 18.6 Å². The summed E-state index contributed by atoms with van der Waals surface area (Å²) in [4.78, 5) is 23.0. The van der Waals surface area contributed by atoms with Crippen molar-refractivity contribution in [3.8, 4) is 5.75 Å². The number of benzene rings is 2. The molecule has 6 nitrogen and oxygen atoms in total. The number of carbonyl (C=O) groups excluding carboxylic acids is 1. The number of carbonyl (C=O) groups is 1. The number of non-ortho nitro benzene ring substituents is 1. The van der Waals surface area contributed by atoms with E-state index in [0.29, 0.717) is 18.0 Å². The second kappa shape index (κ2) is 9.19. The zero-order valence-electron chi connectivity index (χ0n) is 15.1. The molecule has 144 valence electrons. The standard InChI is InChI=1S/C21H19ClN2O4/c22-18-11-10-16(24(26)27)14-17(18)21(25)23-19-8-4-5-9-20(19)28-13-12-15-6-2-1-3-7-15/h2,4-11,14H,1,3,12-13H2,(H,23,25). The van der Waals surface area contributed by atoms with Crippen LogP contribution in [0.2, 0.25) is 5.02 Å². The molecule has 0 spiro atoms. The third kappa shape index (κ3) is 4.98. The second-order valence-corrected chi connectivity index (χ2v) is 6.64. The van der Waals surface area contributed by atoms with Gasteiger partial charge in [0.2, 0.25) is 0 Å². The number of nitrogens with one attached hydrogen (secondary N) is 1. The van der Waals surface area contributed by atoms with Crippen molar-refractivity contribution in [2.75, 3.05) is 11.9 Å². The van der Waals surface area contributed by atoms with Gasteiger partial charge in [0.05, 0.1) is 27.8 Å². The van der Waals surface area contributed by atoms with Crippen LogP contribution in [0.25, 0.3) is 0 Å². The number of hydrogen-bond donors (Lipinski definition) is 1. The first-order valence-electron chi connectivity index (χ1n) is 8.87. The molecular formula is C21H19ClN2O4. The van der Waals surface area contributed by atoms with Crippen LogP contribution in [0, 0.1) is 10.1 Å². The van der Waals surface area contributed by atoms with Crippen molar-refractivity contribution in [3.05, 3.63) is 87.0 Å². The Morgan fingerprint density at radius 1 is 1.21 bits per heavy atom. The zero-order chi connectivity index (χ0) is 19.9. The Hall–Kier alpha value is -3.12. The summed E-state index contributed by atoms with van der Waals surface area (Å²) in [5.74, 6) is -0.0135. The highest BCUT2D eigenvalue weighted by molar-refractivity contribution is 6.34. The number of nitro benzene ring substituents is 1. The Labute approximate surface area is 167 Å². The highest BCUT2D eigenvalue weighted by Gasteiger charge is 2.17. The molecule has 3 rings (SSSR count). The molecule has 1 N–H and O–H groups in total. The highest BCUT2D eigenvalue weighted by Crippen LogP contribution is 2.27. The fourth-order valence-electron chi connectivity index (χ4n) is 2.82. The average Bonchev–Trinajstić information content (AvgIpc) is 2.70. The first kappa shape index (κ1) is 19.6. The summed E-state index contributed by atoms with van der Waals surface area (Å²) in [5, 5.41) is 13.8. The first-order chi connectivity index (χ1) is 13.5. The van der Waals surface area contributed by atoms with Crippen molar-refractivity contribution in [1.29, 1.82) is 0 Å². The summed E-state index contributed by atoms with van der Waals surface area (Å²) in [7, 11) is 0. The van der Waals surface area contributed by atoms with Gasteiger partial charge < -0.3 is 10.1 Å². The Kier molecular flexibility index (Phi) is 6.45. The summed E-state index contributed by atoms with van der Waals surface area (Å²) in [5.41, 5.74) is 1.54. The molecule has 0 bridgehead atoms. The van der Waals surface area contributed by atoms with Gasteiger partial charge in [-0.15, -0.1) is 0 Å². The molecule has 0 heterocycles. The van der Waals surface area contributed by atoms with Crippen LogP contribution in [0.5, 0.6) is 5.75 Å². The fourth-order valence-corrected chi connectivity index (χ4v) is 3.02. The normalized spacial score (nSPS) is 13.0. The quantitative estimate of drug-likeness (QED) is 0.490. The number of rotatable bonds is 7. The number of hydrogen-bond acceptors (Lipinski definition) is 4. The van der Waals surface area contributed by atoms with Gasteiger partial charge in [-0.1, -0.05) is 42.0 Å². The maximum Gasteiger partial charge on any atom is 0.270 e. The molecule has 0 saturated heterocycles. The van der Waals surface area contributed by atoms with Crippen LogP contribution in [0.4, 0.5) is 11.4 Å². The van der Waals surface area contributed by atoms with Crippen molar-refractivity contribution in [2.24, 2.45) is 0 Å². The van der Waals surface area contributed by atoms with E-state index in [2.05, 4.69) is 23.5 Å². The molecule has 0 unspecified atom stereocenters. The number of halogens is 1. The predicted molar refractivity (Wildman–Crippen MR) is 109 cm³/mol. The summed E-state index contributed by atoms with van der Waals surface area (Å²) in [6, 6.07) is 10.8. The molecule has 0 saturated carbocycles. The van der Waals surface area contributed by atoms with E-state index in [1.54, 1.807) is 18.2 Å². The smallest absolute Gasteiger partial charge is 0.270 e. The van der Waals surface area contributed by atoms with Crippen molar-refractivity contribution in [1.82, 2.24) is 0 Å². The summed E-state index contributed by atoms with van der Waals surface area (Å²) < 4.78 is 5.84. The average molecular weight is 399 g/mol. The van der Waals surface area contributed by atoms with Crippen molar-refractivity contribution in [2.45, 2.75) is 19.3 Å². The third-order valence-electron chi connectivity index (χ3n) is 4.26. The van der Waals surface area contributed by atoms with E-state index in [0.717, 1.165) is 25.3 Å². The Morgan fingerprint density at radius 3 is 2.79 bits per heavy atom. The molecular weight excluding hydrogens is 380 g/mol. The maximum absolute atomic E-state index is 12.6. The maximum atomic E-state index is 12.6. The lowest BCUT2D eigenvalue weighted by Gasteiger charge is -2.14. The van der Waals surface area contributed by atoms with Crippen molar-refractivity contribution >= 4 is 28.9 Å². The molecule has 2 aromatic rings. The first-order valence-corrected chi connectivity index (χ1v) is 9.25. The SMILES string of the molecule is O=C(Nc1ccccc1OCCC1=CCCC=C1)c1cc([N+](=O)[O-])ccc1Cl. The highest BCUT2D eigenvalue weighted by atomic mass is 35.5. The van der Waals surface area contributed by atoms with Crippen LogP contribution < -0.4 is 10.1 Å². The van der Waals surface area contributed by atoms with E-state index in [4.69, 9.17) is 16.3 Å². The Morgan fingerprint density at radius 2 is 2.04 bits per heavy atom. The van der Waals surface area contributed by atoms with Gasteiger partial charge >= 0.3 is 0 Å². The monoisotopic (exact) mass is 398 g/mol. The number of para-hydroxylation sites is 2. The molecule has 0 radical (unpaired) electrons. The molecule has 28 heavy (non-hydrogen) atoms. The van der Waals surface area contributed by atoms with Gasteiger partial charge in [-0.2, -0.15) is 0 Å². The minimum Gasteiger partial charge on any atom is -0.491 e. The van der Waals surface area contributed by atoms with Crippen molar-refractivity contribution in [3.63, 3.8) is 0 Å². The Balaban J connectivity index is 1.70. The van der Waals surface area contributed by atoms with E-state index in [1.807, 2.05) is 6.07 Å². The number of nitrogens with zero attached hydrogens (tertiary/aromatic N) is 1. The van der Waals surface area contributed by atoms with Gasteiger partial charge in [-0.25, -0.2) is 0 Å². The van der Waals surface area contributed by atoms with Gasteiger partial charge in [0.1, 0.15) is 5.75 Å². The molecule has 0 atom stereocenters. The number of ether oxygens (including phenoxy) is 1. The topological polar surface area (TPSA) is 81.5 Å². The van der Waals surface area contributed by atoms with E-state index >= 15 is 0 Å². The van der Waals surface area contributed by atoms with Crippen LogP contribution >= 0.6 is 11.6 Å². The fraction of sp³-hybridized carbons (Fsp3) is 0.190. The van der Waals surface area contributed by atoms with E-state index in [9.17, 15) is 14.9 Å². The zero-order valence-corrected chi connectivity index (χ0v) is 15.8. The molecule has 0 fully saturated rings. The van der Waals surface area contributed by atoms with Gasteiger partial charge in [-0.3, -0.25) is 14.9 Å². The van der Waals surface area contributed by atoms with E-state index in [1.165, 1.54) is 17.7 Å². The van der Waals surface area contributed by atoms with E-state index in [-0.39, 0.29) is 16.3 Å². The number of anilines is 1. The van der Waals surface area contributed by atoms with Crippen LogP contribution in [0.3, 0.4) is 0 Å². The lowest BCUT2D eigenvalue weighted by Crippen LogP contribution is -2.14. The molecule has 1 amide bonds. The van der Waals surface area contributed by atoms with Gasteiger partial charge in [0.25, 0.3) is 11.6 Å². The molecule has 0 aliphatic heterocycles. The molecule has 7 heteroatoms. The Bertz CT molecular complexity index is 953. The molecule has 1 aliphatic carbocycles. The van der Waals surface area contributed by atoms with Crippen LogP contribution in [-0.4, -0.2) is 17.4 Å². The number of nitro groups is 1. The lowest BCUT2D eigenvalue weighted by atomic mass is 10.1. The van der Waals surface area contributed by atoms with Crippen molar-refractivity contribution < 1.29 is 14.5 Å². The largest absolute Gasteiger partial charge is 0.491 e. The van der Waals surface area contributed by atoms with Gasteiger partial charge in [-0.05, 0) is 36.6 Å². The number of allylic oxidation sites excluding steroid dienone is 3. The second-order valence-electron chi connectivity index (χ2n) is 6.23. The molecule has 0 aromatic heterocycles. The van der Waals surface area contributed by atoms with Crippen LogP contribution in [-0.2, 0) is 0 Å². The summed E-state index contributed by atoms with van der Waals surface area (Å²) in [6.07, 6.45) is 9.33. The van der Waals surface area contributed by atoms with Crippen LogP contribution in [0.1, 0.15) is 29.6 Å². The molecule has 1 aliphatic rings. The number of amides is 1. The van der Waals surface area contributed by atoms with Gasteiger partial charge in [0.15, 0.2) is 0 Å². The van der Waals surface area contributed by atoms with E-state index < -0.39 is 10.8 Å². The minimum absolute atomic E-state index is 0.0307. The molecule has 2 aromatic carbocycles. The predicted octanol–water partition coefficient (Wildman–Crippen LogP) is 5.55. The minimum atomic E-state index is -0.571. The summed E-state index contributed by atoms with van der Waals surface area (Å²) >= 11 is 6.04. The van der Waals surface area contributed by atoms with Crippen LogP contribution in [0.15, 0.2) is 66.3 Å². The lowest BCUT2D eigenvalue weighted by molar-refractivity contribution is -0.384.